The van der Waals surface area contributed by atoms with E-state index in [9.17, 15) is 4.79 Å². The molecule has 2 heteroatoms. The predicted molar refractivity (Wildman–Crippen MR) is 70.0 cm³/mol. The average Bonchev–Trinajstić information content (AvgIpc) is 2.49. The van der Waals surface area contributed by atoms with E-state index in [0.717, 1.165) is 6.42 Å². The summed E-state index contributed by atoms with van der Waals surface area (Å²) in [6.45, 7) is 8.51. The molecule has 0 saturated carbocycles. The van der Waals surface area contributed by atoms with Crippen molar-refractivity contribution in [1.29, 1.82) is 0 Å². The highest BCUT2D eigenvalue weighted by Crippen LogP contribution is 2.45. The number of rotatable bonds is 2. The third kappa shape index (κ3) is 1.76. The minimum atomic E-state index is -0.173. The molecule has 1 unspecified atom stereocenters. The van der Waals surface area contributed by atoms with E-state index in [-0.39, 0.29) is 16.9 Å². The third-order valence-electron chi connectivity index (χ3n) is 4.32. The molecule has 0 bridgehead atoms. The number of hydrogen-bond acceptors (Lipinski definition) is 1. The molecule has 1 aliphatic rings. The van der Waals surface area contributed by atoms with Gasteiger partial charge in [-0.3, -0.25) is 4.79 Å². The Balaban J connectivity index is 2.51. The standard InChI is InChI=1S/C15H21NO/c1-5-15(10-13(17)16-14(15,3)4)12-8-6-11(2)7-9-12/h6-9H,5,10H2,1-4H3,(H,16,17). The monoisotopic (exact) mass is 231 g/mol. The minimum Gasteiger partial charge on any atom is -0.350 e. The molecule has 1 N–H and O–H groups in total. The SMILES string of the molecule is CCC1(c2ccc(C)cc2)CC(=O)NC1(C)C. The van der Waals surface area contributed by atoms with Crippen molar-refractivity contribution in [2.75, 3.05) is 0 Å². The summed E-state index contributed by atoms with van der Waals surface area (Å²) in [5, 5.41) is 3.11. The van der Waals surface area contributed by atoms with Crippen LogP contribution in [0.2, 0.25) is 0 Å². The lowest BCUT2D eigenvalue weighted by Crippen LogP contribution is -2.49. The van der Waals surface area contributed by atoms with Gasteiger partial charge in [-0.2, -0.15) is 0 Å². The molecule has 1 aromatic carbocycles. The van der Waals surface area contributed by atoms with Crippen LogP contribution in [-0.2, 0) is 10.2 Å². The lowest BCUT2D eigenvalue weighted by Gasteiger charge is -2.40. The predicted octanol–water partition coefficient (Wildman–Crippen LogP) is 2.94. The van der Waals surface area contributed by atoms with Crippen molar-refractivity contribution >= 4 is 5.91 Å². The maximum atomic E-state index is 11.8. The van der Waals surface area contributed by atoms with Gasteiger partial charge in [-0.05, 0) is 32.8 Å². The number of aryl methyl sites for hydroxylation is 1. The smallest absolute Gasteiger partial charge is 0.221 e. The van der Waals surface area contributed by atoms with E-state index in [0.29, 0.717) is 6.42 Å². The topological polar surface area (TPSA) is 29.1 Å². The molecule has 0 aliphatic carbocycles. The first-order chi connectivity index (χ1) is 7.91. The fourth-order valence-corrected chi connectivity index (χ4v) is 3.11. The Hall–Kier alpha value is -1.31. The highest BCUT2D eigenvalue weighted by molar-refractivity contribution is 5.82. The van der Waals surface area contributed by atoms with Gasteiger partial charge in [0.05, 0.1) is 0 Å². The molecule has 92 valence electrons. The van der Waals surface area contributed by atoms with E-state index >= 15 is 0 Å². The van der Waals surface area contributed by atoms with Crippen molar-refractivity contribution in [3.63, 3.8) is 0 Å². The quantitative estimate of drug-likeness (QED) is 0.833. The van der Waals surface area contributed by atoms with E-state index in [1.165, 1.54) is 11.1 Å². The summed E-state index contributed by atoms with van der Waals surface area (Å²) >= 11 is 0. The van der Waals surface area contributed by atoms with Gasteiger partial charge in [-0.15, -0.1) is 0 Å². The second kappa shape index (κ2) is 3.86. The summed E-state index contributed by atoms with van der Waals surface area (Å²) in [4.78, 5) is 11.8. The van der Waals surface area contributed by atoms with Crippen molar-refractivity contribution in [2.24, 2.45) is 0 Å². The molecule has 17 heavy (non-hydrogen) atoms. The van der Waals surface area contributed by atoms with E-state index < -0.39 is 0 Å². The summed E-state index contributed by atoms with van der Waals surface area (Å²) in [5.41, 5.74) is 2.29. The maximum Gasteiger partial charge on any atom is 0.221 e. The van der Waals surface area contributed by atoms with Crippen molar-refractivity contribution in [1.82, 2.24) is 5.32 Å². The van der Waals surface area contributed by atoms with Gasteiger partial charge in [0.15, 0.2) is 0 Å². The lowest BCUT2D eigenvalue weighted by molar-refractivity contribution is -0.119. The summed E-state index contributed by atoms with van der Waals surface area (Å²) in [6, 6.07) is 8.60. The number of carbonyl (C=O) groups is 1. The Bertz CT molecular complexity index is 433. The lowest BCUT2D eigenvalue weighted by atomic mass is 9.65. The Morgan fingerprint density at radius 1 is 1.24 bits per heavy atom. The van der Waals surface area contributed by atoms with Gasteiger partial charge >= 0.3 is 0 Å². The van der Waals surface area contributed by atoms with Crippen LogP contribution >= 0.6 is 0 Å². The van der Waals surface area contributed by atoms with Crippen LogP contribution in [0.4, 0.5) is 0 Å². The van der Waals surface area contributed by atoms with Crippen LogP contribution in [0.5, 0.6) is 0 Å². The van der Waals surface area contributed by atoms with Gasteiger partial charge in [-0.25, -0.2) is 0 Å². The normalized spacial score (nSPS) is 26.9. The molecule has 1 fully saturated rings. The summed E-state index contributed by atoms with van der Waals surface area (Å²) in [7, 11) is 0. The first-order valence-electron chi connectivity index (χ1n) is 6.29. The van der Waals surface area contributed by atoms with Crippen molar-refractivity contribution in [2.45, 2.75) is 51.5 Å². The van der Waals surface area contributed by atoms with E-state index in [1.54, 1.807) is 0 Å². The van der Waals surface area contributed by atoms with Crippen LogP contribution in [0.3, 0.4) is 0 Å². The number of carbonyl (C=O) groups excluding carboxylic acids is 1. The van der Waals surface area contributed by atoms with Crippen LogP contribution in [0.25, 0.3) is 0 Å². The molecule has 1 atom stereocenters. The van der Waals surface area contributed by atoms with E-state index in [4.69, 9.17) is 0 Å². The largest absolute Gasteiger partial charge is 0.350 e. The molecule has 1 aliphatic heterocycles. The second-order valence-electron chi connectivity index (χ2n) is 5.65. The Kier molecular flexibility index (Phi) is 2.76. The molecule has 0 spiro atoms. The molecule has 1 amide bonds. The van der Waals surface area contributed by atoms with Gasteiger partial charge < -0.3 is 5.32 Å². The van der Waals surface area contributed by atoms with Crippen LogP contribution in [0.15, 0.2) is 24.3 Å². The third-order valence-corrected chi connectivity index (χ3v) is 4.32. The van der Waals surface area contributed by atoms with Gasteiger partial charge in [0.25, 0.3) is 0 Å². The molecule has 0 radical (unpaired) electrons. The van der Waals surface area contributed by atoms with Gasteiger partial charge in [0.1, 0.15) is 0 Å². The highest BCUT2D eigenvalue weighted by atomic mass is 16.2. The molecule has 1 saturated heterocycles. The zero-order chi connectivity index (χ0) is 12.7. The van der Waals surface area contributed by atoms with Crippen LogP contribution in [0.1, 0.15) is 44.7 Å². The van der Waals surface area contributed by atoms with Crippen LogP contribution in [-0.4, -0.2) is 11.4 Å². The van der Waals surface area contributed by atoms with Crippen LogP contribution in [0, 0.1) is 6.92 Å². The van der Waals surface area contributed by atoms with Crippen molar-refractivity contribution < 1.29 is 4.79 Å². The first-order valence-corrected chi connectivity index (χ1v) is 6.29. The average molecular weight is 231 g/mol. The van der Waals surface area contributed by atoms with Crippen LogP contribution < -0.4 is 5.32 Å². The van der Waals surface area contributed by atoms with Gasteiger partial charge in [0.2, 0.25) is 5.91 Å². The fraction of sp³-hybridized carbons (Fsp3) is 0.533. The fourth-order valence-electron chi connectivity index (χ4n) is 3.11. The summed E-state index contributed by atoms with van der Waals surface area (Å²) < 4.78 is 0. The number of benzene rings is 1. The van der Waals surface area contributed by atoms with Gasteiger partial charge in [-0.1, -0.05) is 36.8 Å². The van der Waals surface area contributed by atoms with E-state index in [1.807, 2.05) is 0 Å². The Morgan fingerprint density at radius 3 is 2.24 bits per heavy atom. The molecule has 0 aromatic heterocycles. The maximum absolute atomic E-state index is 11.8. The molecule has 2 nitrogen and oxygen atoms in total. The van der Waals surface area contributed by atoms with E-state index in [2.05, 4.69) is 57.3 Å². The number of hydrogen-bond donors (Lipinski definition) is 1. The molecule has 1 heterocycles. The number of amides is 1. The summed E-state index contributed by atoms with van der Waals surface area (Å²) in [6.07, 6.45) is 1.57. The van der Waals surface area contributed by atoms with Gasteiger partial charge in [0, 0.05) is 17.4 Å². The highest BCUT2D eigenvalue weighted by Gasteiger charge is 2.52. The zero-order valence-corrected chi connectivity index (χ0v) is 11.1. The molecular weight excluding hydrogens is 210 g/mol. The Labute approximate surface area is 103 Å². The number of nitrogens with one attached hydrogen (secondary N) is 1. The molecule has 1 aromatic rings. The summed E-state index contributed by atoms with van der Waals surface area (Å²) in [5.74, 6) is 0.164. The minimum absolute atomic E-state index is 0.0716. The van der Waals surface area contributed by atoms with Crippen molar-refractivity contribution in [3.05, 3.63) is 35.4 Å². The first kappa shape index (κ1) is 12.2. The molecular formula is C15H21NO. The zero-order valence-electron chi connectivity index (χ0n) is 11.1. The second-order valence-corrected chi connectivity index (χ2v) is 5.65. The Morgan fingerprint density at radius 2 is 1.82 bits per heavy atom. The molecule has 2 rings (SSSR count). The van der Waals surface area contributed by atoms with Crippen molar-refractivity contribution in [3.8, 4) is 0 Å².